The van der Waals surface area contributed by atoms with Gasteiger partial charge in [-0.3, -0.25) is 0 Å². The van der Waals surface area contributed by atoms with Gasteiger partial charge in [0.1, 0.15) is 6.71 Å². The monoisotopic (exact) mass is 284 g/mol. The van der Waals surface area contributed by atoms with Gasteiger partial charge in [0.25, 0.3) is 0 Å². The predicted molar refractivity (Wildman–Crippen MR) is 91.1 cm³/mol. The maximum atomic E-state index is 5.80. The summed E-state index contributed by atoms with van der Waals surface area (Å²) >= 11 is 0. The highest BCUT2D eigenvalue weighted by atomic mass is 16.5. The first-order chi connectivity index (χ1) is 10.4. The molecule has 114 valence electrons. The average Bonchev–Trinajstić information content (AvgIpc) is 2.51. The van der Waals surface area contributed by atoms with Gasteiger partial charge in [0.05, 0.1) is 6.61 Å². The van der Waals surface area contributed by atoms with E-state index in [4.69, 9.17) is 4.74 Å². The van der Waals surface area contributed by atoms with Gasteiger partial charge in [0, 0.05) is 6.61 Å². The number of hydrogen-bond donors (Lipinski definition) is 0. The lowest BCUT2D eigenvalue weighted by atomic mass is 9.26. The molecule has 0 amide bonds. The van der Waals surface area contributed by atoms with Crippen molar-refractivity contribution < 1.29 is 4.74 Å². The van der Waals surface area contributed by atoms with E-state index in [2.05, 4.69) is 30.3 Å². The third kappa shape index (κ3) is 4.36. The summed E-state index contributed by atoms with van der Waals surface area (Å²) in [4.78, 5) is 0. The van der Waals surface area contributed by atoms with E-state index in [9.17, 15) is 0 Å². The van der Waals surface area contributed by atoms with E-state index in [1.807, 2.05) is 0 Å². The van der Waals surface area contributed by atoms with Gasteiger partial charge in [-0.2, -0.15) is 0 Å². The molecule has 0 aromatic heterocycles. The second-order valence-corrected chi connectivity index (χ2v) is 7.08. The molecule has 1 aromatic rings. The van der Waals surface area contributed by atoms with Gasteiger partial charge in [-0.25, -0.2) is 0 Å². The molecule has 2 saturated heterocycles. The Morgan fingerprint density at radius 2 is 1.57 bits per heavy atom. The largest absolute Gasteiger partial charge is 0.377 e. The minimum atomic E-state index is 0.773. The second kappa shape index (κ2) is 8.03. The van der Waals surface area contributed by atoms with Crippen LogP contribution in [0.1, 0.15) is 56.9 Å². The Hall–Kier alpha value is -0.755. The molecule has 0 saturated carbocycles. The minimum absolute atomic E-state index is 0.773. The molecular weight excluding hydrogens is 255 g/mol. The highest BCUT2D eigenvalue weighted by Crippen LogP contribution is 2.48. The number of benzene rings is 1. The number of rotatable bonds is 7. The van der Waals surface area contributed by atoms with Gasteiger partial charge in [-0.05, 0) is 12.0 Å². The fourth-order valence-corrected chi connectivity index (χ4v) is 4.63. The van der Waals surface area contributed by atoms with Crippen molar-refractivity contribution in [1.82, 2.24) is 0 Å². The molecule has 0 radical (unpaired) electrons. The summed E-state index contributed by atoms with van der Waals surface area (Å²) in [5, 5.41) is 0. The normalized spacial score (nSPS) is 25.0. The molecule has 2 heterocycles. The van der Waals surface area contributed by atoms with Crippen molar-refractivity contribution in [3.8, 4) is 0 Å². The zero-order valence-corrected chi connectivity index (χ0v) is 13.3. The van der Waals surface area contributed by atoms with Crippen molar-refractivity contribution in [2.45, 2.75) is 75.9 Å². The molecule has 1 aromatic carbocycles. The summed E-state index contributed by atoms with van der Waals surface area (Å²) in [5.41, 5.74) is 1.29. The Kier molecular flexibility index (Phi) is 5.79. The van der Waals surface area contributed by atoms with Crippen LogP contribution in [0.3, 0.4) is 0 Å². The molecule has 3 rings (SSSR count). The third-order valence-electron chi connectivity index (χ3n) is 5.70. The summed E-state index contributed by atoms with van der Waals surface area (Å²) in [6.45, 7) is 2.76. The maximum absolute atomic E-state index is 5.80. The van der Waals surface area contributed by atoms with Crippen LogP contribution in [0, 0.1) is 0 Å². The Bertz CT molecular complexity index is 383. The van der Waals surface area contributed by atoms with E-state index in [1.54, 1.807) is 0 Å². The van der Waals surface area contributed by atoms with Crippen molar-refractivity contribution in [2.24, 2.45) is 0 Å². The Morgan fingerprint density at radius 3 is 2.24 bits per heavy atom. The van der Waals surface area contributed by atoms with E-state index in [1.165, 1.54) is 63.3 Å². The van der Waals surface area contributed by atoms with Crippen LogP contribution in [0.25, 0.3) is 0 Å². The molecule has 21 heavy (non-hydrogen) atoms. The maximum Gasteiger partial charge on any atom is 0.146 e. The summed E-state index contributed by atoms with van der Waals surface area (Å²) in [7, 11) is 0. The summed E-state index contributed by atoms with van der Waals surface area (Å²) in [6.07, 6.45) is 13.2. The zero-order chi connectivity index (χ0) is 14.3. The van der Waals surface area contributed by atoms with Crippen LogP contribution in [0.5, 0.6) is 0 Å². The molecule has 1 nitrogen and oxygen atoms in total. The highest BCUT2D eigenvalue weighted by molar-refractivity contribution is 6.62. The number of unbranched alkanes of at least 4 members (excludes halogenated alkanes) is 1. The average molecular weight is 284 g/mol. The molecule has 2 heteroatoms. The molecule has 2 fully saturated rings. The molecule has 2 bridgehead atoms. The standard InChI is InChI=1S/C19H29BO/c1-2-8-17(9-3-1)16-21-15-5-4-14-20-18-10-6-11-19(20)13-7-12-18/h1-3,8-9,18-19H,4-7,10-16H2. The molecule has 0 spiro atoms. The number of ether oxygens (including phenoxy) is 1. The van der Waals surface area contributed by atoms with E-state index < -0.39 is 0 Å². The molecule has 0 N–H and O–H groups in total. The molecular formula is C19H29BO. The Labute approximate surface area is 130 Å². The van der Waals surface area contributed by atoms with Crippen LogP contribution in [-0.4, -0.2) is 13.3 Å². The van der Waals surface area contributed by atoms with Gasteiger partial charge in [0.15, 0.2) is 0 Å². The molecule has 0 unspecified atom stereocenters. The second-order valence-electron chi connectivity index (χ2n) is 7.08. The van der Waals surface area contributed by atoms with Crippen molar-refractivity contribution in [2.75, 3.05) is 6.61 Å². The van der Waals surface area contributed by atoms with E-state index in [-0.39, 0.29) is 0 Å². The fraction of sp³-hybridized carbons (Fsp3) is 0.684. The van der Waals surface area contributed by atoms with Crippen LogP contribution in [0.15, 0.2) is 30.3 Å². The Balaban J connectivity index is 1.30. The van der Waals surface area contributed by atoms with Crippen molar-refractivity contribution in [3.05, 3.63) is 35.9 Å². The van der Waals surface area contributed by atoms with E-state index in [0.717, 1.165) is 31.6 Å². The predicted octanol–water partition coefficient (Wildman–Crippen LogP) is 5.59. The summed E-state index contributed by atoms with van der Waals surface area (Å²) < 4.78 is 5.80. The number of fused-ring (bicyclic) bond motifs is 2. The van der Waals surface area contributed by atoms with E-state index >= 15 is 0 Å². The van der Waals surface area contributed by atoms with E-state index in [0.29, 0.717) is 0 Å². The van der Waals surface area contributed by atoms with Crippen molar-refractivity contribution >= 4 is 6.71 Å². The lowest BCUT2D eigenvalue weighted by molar-refractivity contribution is 0.118. The molecule has 0 atom stereocenters. The lowest BCUT2D eigenvalue weighted by Gasteiger charge is -2.40. The molecule has 2 aliphatic heterocycles. The molecule has 0 aliphatic carbocycles. The van der Waals surface area contributed by atoms with Gasteiger partial charge < -0.3 is 4.74 Å². The van der Waals surface area contributed by atoms with Crippen molar-refractivity contribution in [1.29, 1.82) is 0 Å². The molecule has 2 aliphatic rings. The Morgan fingerprint density at radius 1 is 0.905 bits per heavy atom. The SMILES string of the molecule is c1ccc(COCCCCB2C3CCCC2CCC3)cc1. The summed E-state index contributed by atoms with van der Waals surface area (Å²) in [5.74, 6) is 2.14. The van der Waals surface area contributed by atoms with Crippen molar-refractivity contribution in [3.63, 3.8) is 0 Å². The van der Waals surface area contributed by atoms with Gasteiger partial charge in [0.2, 0.25) is 0 Å². The van der Waals surface area contributed by atoms with Gasteiger partial charge in [-0.15, -0.1) is 0 Å². The highest BCUT2D eigenvalue weighted by Gasteiger charge is 2.37. The topological polar surface area (TPSA) is 9.23 Å². The first-order valence-corrected chi connectivity index (χ1v) is 9.05. The van der Waals surface area contributed by atoms with Crippen LogP contribution < -0.4 is 0 Å². The van der Waals surface area contributed by atoms with Gasteiger partial charge in [-0.1, -0.05) is 93.2 Å². The lowest BCUT2D eigenvalue weighted by Crippen LogP contribution is -2.34. The van der Waals surface area contributed by atoms with Crippen LogP contribution in [-0.2, 0) is 11.3 Å². The van der Waals surface area contributed by atoms with Crippen LogP contribution in [0.4, 0.5) is 0 Å². The zero-order valence-electron chi connectivity index (χ0n) is 13.3. The smallest absolute Gasteiger partial charge is 0.146 e. The summed E-state index contributed by atoms with van der Waals surface area (Å²) in [6, 6.07) is 10.5. The van der Waals surface area contributed by atoms with Crippen LogP contribution in [0.2, 0.25) is 18.0 Å². The first kappa shape index (κ1) is 15.2. The third-order valence-corrected chi connectivity index (χ3v) is 5.70. The van der Waals surface area contributed by atoms with Crippen LogP contribution >= 0.6 is 0 Å². The first-order valence-electron chi connectivity index (χ1n) is 9.05. The quantitative estimate of drug-likeness (QED) is 0.468. The van der Waals surface area contributed by atoms with Gasteiger partial charge >= 0.3 is 0 Å². The number of hydrogen-bond acceptors (Lipinski definition) is 1. The fourth-order valence-electron chi connectivity index (χ4n) is 4.63. The minimum Gasteiger partial charge on any atom is -0.377 e.